The van der Waals surface area contributed by atoms with Gasteiger partial charge in [-0.15, -0.1) is 0 Å². The van der Waals surface area contributed by atoms with E-state index in [2.05, 4.69) is 10.6 Å². The molecule has 2 amide bonds. The van der Waals surface area contributed by atoms with Crippen molar-refractivity contribution in [2.24, 2.45) is 0 Å². The van der Waals surface area contributed by atoms with Gasteiger partial charge in [-0.1, -0.05) is 61.0 Å². The minimum absolute atomic E-state index is 0.0874. The van der Waals surface area contributed by atoms with E-state index in [0.717, 1.165) is 25.5 Å². The summed E-state index contributed by atoms with van der Waals surface area (Å²) in [5.41, 5.74) is 0.688. The van der Waals surface area contributed by atoms with E-state index in [4.69, 9.17) is 23.7 Å². The standard InChI is InChI=1S/C40H46N2O11/c1-28(44)42-34-36(53-39(48)31-21-11-6-12-22-31)35(52-38(47)30-19-9-5-10-20-30)32(27-50-37(46)29-17-7-4-8-18-29)51-40(34)49-26-16-13-23-33(45)41-24-14-2-3-15-25-43/h4-12,17-22,25,32,34-36,40H,2-3,13-16,23-24,26-27H2,1H3,(H,41,45)(H,42,44)/t32-,34-,35+,36-,40-/m1/s1. The van der Waals surface area contributed by atoms with Gasteiger partial charge in [0.25, 0.3) is 0 Å². The molecule has 0 unspecified atom stereocenters. The van der Waals surface area contributed by atoms with Gasteiger partial charge in [0.05, 0.1) is 16.7 Å². The maximum absolute atomic E-state index is 13.5. The fraction of sp³-hybridized carbons (Fsp3) is 0.400. The highest BCUT2D eigenvalue weighted by atomic mass is 16.7. The molecule has 282 valence electrons. The van der Waals surface area contributed by atoms with Crippen LogP contribution in [-0.2, 0) is 38.1 Å². The van der Waals surface area contributed by atoms with Crippen molar-refractivity contribution in [3.8, 4) is 0 Å². The smallest absolute Gasteiger partial charge is 0.338 e. The maximum atomic E-state index is 13.5. The van der Waals surface area contributed by atoms with Crippen molar-refractivity contribution < 1.29 is 52.5 Å². The van der Waals surface area contributed by atoms with Gasteiger partial charge in [0.2, 0.25) is 11.8 Å². The highest BCUT2D eigenvalue weighted by Gasteiger charge is 2.52. The third-order valence-electron chi connectivity index (χ3n) is 8.31. The molecule has 2 N–H and O–H groups in total. The van der Waals surface area contributed by atoms with E-state index in [9.17, 15) is 28.8 Å². The Labute approximate surface area is 308 Å². The molecule has 0 radical (unpaired) electrons. The Hall–Kier alpha value is -5.40. The van der Waals surface area contributed by atoms with Gasteiger partial charge in [-0.05, 0) is 62.1 Å². The Morgan fingerprint density at radius 3 is 1.83 bits per heavy atom. The minimum atomic E-state index is -1.38. The summed E-state index contributed by atoms with van der Waals surface area (Å²) in [6.07, 6.45) is -0.209. The highest BCUT2D eigenvalue weighted by molar-refractivity contribution is 5.91. The molecule has 1 saturated heterocycles. The van der Waals surface area contributed by atoms with Gasteiger partial charge in [0, 0.05) is 32.9 Å². The van der Waals surface area contributed by atoms with E-state index in [1.165, 1.54) is 6.92 Å². The molecule has 3 aromatic rings. The number of nitrogens with one attached hydrogen (secondary N) is 2. The van der Waals surface area contributed by atoms with Gasteiger partial charge in [-0.2, -0.15) is 0 Å². The summed E-state index contributed by atoms with van der Waals surface area (Å²) in [6.45, 7) is 1.45. The Balaban J connectivity index is 1.54. The number of amides is 2. The fourth-order valence-electron chi connectivity index (χ4n) is 5.63. The first kappa shape index (κ1) is 40.4. The van der Waals surface area contributed by atoms with E-state index >= 15 is 0 Å². The molecule has 1 aliphatic rings. The second kappa shape index (κ2) is 21.8. The molecule has 4 rings (SSSR count). The van der Waals surface area contributed by atoms with E-state index in [0.29, 0.717) is 25.8 Å². The van der Waals surface area contributed by atoms with Gasteiger partial charge >= 0.3 is 17.9 Å². The zero-order valence-corrected chi connectivity index (χ0v) is 29.7. The molecule has 5 atom stereocenters. The summed E-state index contributed by atoms with van der Waals surface area (Å²) in [6, 6.07) is 23.4. The summed E-state index contributed by atoms with van der Waals surface area (Å²) in [4.78, 5) is 75.3. The van der Waals surface area contributed by atoms with Crippen LogP contribution in [0.1, 0.15) is 82.9 Å². The lowest BCUT2D eigenvalue weighted by Gasteiger charge is -2.45. The van der Waals surface area contributed by atoms with Crippen LogP contribution in [-0.4, -0.2) is 86.4 Å². The molecule has 0 aliphatic carbocycles. The zero-order chi connectivity index (χ0) is 37.8. The van der Waals surface area contributed by atoms with Crippen LogP contribution < -0.4 is 10.6 Å². The van der Waals surface area contributed by atoms with Crippen LogP contribution in [0.2, 0.25) is 0 Å². The lowest BCUT2D eigenvalue weighted by molar-refractivity contribution is -0.269. The van der Waals surface area contributed by atoms with Crippen LogP contribution >= 0.6 is 0 Å². The van der Waals surface area contributed by atoms with Gasteiger partial charge < -0.3 is 39.1 Å². The van der Waals surface area contributed by atoms with Gasteiger partial charge in [0.15, 0.2) is 18.5 Å². The molecule has 3 aromatic carbocycles. The molecule has 13 heteroatoms. The van der Waals surface area contributed by atoms with Crippen LogP contribution in [0.4, 0.5) is 0 Å². The van der Waals surface area contributed by atoms with Crippen LogP contribution in [0.15, 0.2) is 91.0 Å². The molecule has 13 nitrogen and oxygen atoms in total. The van der Waals surface area contributed by atoms with Crippen molar-refractivity contribution in [2.45, 2.75) is 82.5 Å². The van der Waals surface area contributed by atoms with E-state index in [1.807, 2.05) is 0 Å². The summed E-state index contributed by atoms with van der Waals surface area (Å²) in [5, 5.41) is 5.61. The third kappa shape index (κ3) is 13.3. The lowest BCUT2D eigenvalue weighted by atomic mass is 9.95. The van der Waals surface area contributed by atoms with Gasteiger partial charge in [-0.3, -0.25) is 9.59 Å². The van der Waals surface area contributed by atoms with Crippen molar-refractivity contribution >= 4 is 36.0 Å². The molecule has 0 aromatic heterocycles. The normalized spacial score (nSPS) is 19.3. The average molecular weight is 731 g/mol. The summed E-state index contributed by atoms with van der Waals surface area (Å²) >= 11 is 0. The van der Waals surface area contributed by atoms with Gasteiger partial charge in [0.1, 0.15) is 25.0 Å². The third-order valence-corrected chi connectivity index (χ3v) is 8.31. The molecule has 1 aliphatic heterocycles. The van der Waals surface area contributed by atoms with Crippen LogP contribution in [0, 0.1) is 0 Å². The maximum Gasteiger partial charge on any atom is 0.338 e. The number of hydrogen-bond acceptors (Lipinski definition) is 11. The quantitative estimate of drug-likeness (QED) is 0.0721. The number of ether oxygens (including phenoxy) is 5. The van der Waals surface area contributed by atoms with Crippen molar-refractivity contribution in [1.29, 1.82) is 0 Å². The monoisotopic (exact) mass is 730 g/mol. The lowest BCUT2D eigenvalue weighted by Crippen LogP contribution is -2.66. The first-order chi connectivity index (χ1) is 25.8. The summed E-state index contributed by atoms with van der Waals surface area (Å²) in [7, 11) is 0. The number of unbranched alkanes of at least 4 members (excludes halogenated alkanes) is 4. The molecule has 0 spiro atoms. The summed E-state index contributed by atoms with van der Waals surface area (Å²) < 4.78 is 30.0. The average Bonchev–Trinajstić information content (AvgIpc) is 3.18. The fourth-order valence-corrected chi connectivity index (χ4v) is 5.63. The van der Waals surface area contributed by atoms with Crippen molar-refractivity contribution in [2.75, 3.05) is 19.8 Å². The van der Waals surface area contributed by atoms with Crippen LogP contribution in [0.3, 0.4) is 0 Å². The molecule has 1 heterocycles. The van der Waals surface area contributed by atoms with E-state index in [-0.39, 0.29) is 35.6 Å². The van der Waals surface area contributed by atoms with E-state index < -0.39 is 61.1 Å². The van der Waals surface area contributed by atoms with E-state index in [1.54, 1.807) is 91.0 Å². The molecular weight excluding hydrogens is 684 g/mol. The molecular formula is C40H46N2O11. The largest absolute Gasteiger partial charge is 0.459 e. The topological polar surface area (TPSA) is 173 Å². The van der Waals surface area contributed by atoms with Crippen LogP contribution in [0.25, 0.3) is 0 Å². The zero-order valence-electron chi connectivity index (χ0n) is 29.7. The molecule has 0 bridgehead atoms. The van der Waals surface area contributed by atoms with Gasteiger partial charge in [-0.25, -0.2) is 14.4 Å². The number of benzene rings is 3. The number of hydrogen-bond donors (Lipinski definition) is 2. The van der Waals surface area contributed by atoms with Crippen molar-refractivity contribution in [3.63, 3.8) is 0 Å². The molecule has 1 fully saturated rings. The second-order valence-corrected chi connectivity index (χ2v) is 12.4. The van der Waals surface area contributed by atoms with Crippen molar-refractivity contribution in [3.05, 3.63) is 108 Å². The molecule has 53 heavy (non-hydrogen) atoms. The first-order valence-corrected chi connectivity index (χ1v) is 17.8. The number of esters is 3. The van der Waals surface area contributed by atoms with Crippen molar-refractivity contribution in [1.82, 2.24) is 10.6 Å². The molecule has 0 saturated carbocycles. The number of carbonyl (C=O) groups is 6. The Bertz CT molecular complexity index is 1620. The Morgan fingerprint density at radius 1 is 0.698 bits per heavy atom. The predicted molar refractivity (Wildman–Crippen MR) is 192 cm³/mol. The van der Waals surface area contributed by atoms with Crippen LogP contribution in [0.5, 0.6) is 0 Å². The Kier molecular flexibility index (Phi) is 16.6. The highest BCUT2D eigenvalue weighted by Crippen LogP contribution is 2.29. The number of carbonyl (C=O) groups excluding carboxylic acids is 6. The number of aldehydes is 1. The minimum Gasteiger partial charge on any atom is -0.459 e. The first-order valence-electron chi connectivity index (χ1n) is 17.8. The summed E-state index contributed by atoms with van der Waals surface area (Å²) in [5.74, 6) is -2.80. The predicted octanol–water partition coefficient (Wildman–Crippen LogP) is 4.59. The second-order valence-electron chi connectivity index (χ2n) is 12.4. The number of rotatable bonds is 20. The SMILES string of the molecule is CC(=O)N[C@H]1[C@H](OCCCCC(=O)NCCCCCC=O)O[C@H](COC(=O)c2ccccc2)[C@H](OC(=O)c2ccccc2)[C@@H]1OC(=O)c1ccccc1. The Morgan fingerprint density at radius 2 is 1.26 bits per heavy atom.